The summed E-state index contributed by atoms with van der Waals surface area (Å²) >= 11 is 0. The second-order valence-electron chi connectivity index (χ2n) is 6.50. The van der Waals surface area contributed by atoms with Crippen LogP contribution in [-0.2, 0) is 17.1 Å². The van der Waals surface area contributed by atoms with E-state index in [-0.39, 0.29) is 24.3 Å². The van der Waals surface area contributed by atoms with Crippen LogP contribution in [0.5, 0.6) is 11.5 Å². The lowest BCUT2D eigenvalue weighted by Gasteiger charge is -2.21. The maximum absolute atomic E-state index is 12.8. The number of carbonyl (C=O) groups excluding carboxylic acids is 1. The van der Waals surface area contributed by atoms with Crippen LogP contribution in [0.15, 0.2) is 35.7 Å². The predicted octanol–water partition coefficient (Wildman–Crippen LogP) is 0.686. The molecular formula is C17H20N4O5S. The van der Waals surface area contributed by atoms with Crippen LogP contribution in [-0.4, -0.2) is 66.1 Å². The molecule has 0 spiro atoms. The van der Waals surface area contributed by atoms with E-state index < -0.39 is 10.0 Å². The van der Waals surface area contributed by atoms with Crippen LogP contribution in [0.4, 0.5) is 0 Å². The Kier molecular flexibility index (Phi) is 4.52. The maximum Gasteiger partial charge on any atom is 0.262 e. The van der Waals surface area contributed by atoms with Crippen molar-refractivity contribution in [3.63, 3.8) is 0 Å². The fraction of sp³-hybridized carbons (Fsp3) is 0.412. The quantitative estimate of drug-likeness (QED) is 0.763. The Morgan fingerprint density at radius 2 is 1.93 bits per heavy atom. The molecule has 2 aliphatic heterocycles. The van der Waals surface area contributed by atoms with Gasteiger partial charge in [0.25, 0.3) is 15.9 Å². The molecule has 27 heavy (non-hydrogen) atoms. The first-order valence-corrected chi connectivity index (χ1v) is 10.1. The van der Waals surface area contributed by atoms with E-state index in [4.69, 9.17) is 9.47 Å². The van der Waals surface area contributed by atoms with Gasteiger partial charge >= 0.3 is 0 Å². The Morgan fingerprint density at radius 3 is 2.70 bits per heavy atom. The van der Waals surface area contributed by atoms with Gasteiger partial charge in [-0.1, -0.05) is 0 Å². The molecule has 0 aliphatic carbocycles. The summed E-state index contributed by atoms with van der Waals surface area (Å²) in [6, 6.07) is 5.08. The summed E-state index contributed by atoms with van der Waals surface area (Å²) in [5, 5.41) is 0.0283. The molecule has 144 valence electrons. The van der Waals surface area contributed by atoms with Crippen molar-refractivity contribution in [2.75, 3.05) is 33.0 Å². The molecule has 0 saturated carbocycles. The number of hydrogen-bond acceptors (Lipinski definition) is 6. The van der Waals surface area contributed by atoms with E-state index in [1.807, 2.05) is 0 Å². The Balaban J connectivity index is 1.47. The van der Waals surface area contributed by atoms with Gasteiger partial charge in [-0.15, -0.1) is 0 Å². The highest BCUT2D eigenvalue weighted by atomic mass is 32.2. The van der Waals surface area contributed by atoms with Crippen molar-refractivity contribution in [1.82, 2.24) is 18.8 Å². The van der Waals surface area contributed by atoms with Gasteiger partial charge in [0, 0.05) is 45.0 Å². The summed E-state index contributed by atoms with van der Waals surface area (Å²) < 4.78 is 39.1. The number of rotatable bonds is 3. The molecule has 1 aromatic carbocycles. The Bertz CT molecular complexity index is 971. The first kappa shape index (κ1) is 17.8. The SMILES string of the molecule is Cn1cnc(S(=O)(=O)N2CCCN(C(=O)c3ccc4c(c3)OCO4)CC2)c1. The highest BCUT2D eigenvalue weighted by Crippen LogP contribution is 2.33. The third-order valence-corrected chi connectivity index (χ3v) is 6.43. The number of carbonyl (C=O) groups is 1. The standard InChI is InChI=1S/C17H20N4O5S/c1-19-10-16(18-11-19)27(23,24)21-6-2-5-20(7-8-21)17(22)13-3-4-14-15(9-13)26-12-25-14/h3-4,9-11H,2,5-8,12H2,1H3. The molecule has 10 heteroatoms. The van der Waals surface area contributed by atoms with Crippen LogP contribution in [0, 0.1) is 0 Å². The lowest BCUT2D eigenvalue weighted by atomic mass is 10.1. The first-order chi connectivity index (χ1) is 12.9. The second kappa shape index (κ2) is 6.86. The molecule has 0 N–H and O–H groups in total. The van der Waals surface area contributed by atoms with Gasteiger partial charge in [0.05, 0.1) is 6.33 Å². The van der Waals surface area contributed by atoms with Crippen LogP contribution in [0.3, 0.4) is 0 Å². The number of aryl methyl sites for hydroxylation is 1. The van der Waals surface area contributed by atoms with Crippen molar-refractivity contribution < 1.29 is 22.7 Å². The molecule has 2 aliphatic rings. The van der Waals surface area contributed by atoms with Crippen LogP contribution in [0.2, 0.25) is 0 Å². The number of fused-ring (bicyclic) bond motifs is 1. The van der Waals surface area contributed by atoms with Crippen molar-refractivity contribution in [3.05, 3.63) is 36.3 Å². The van der Waals surface area contributed by atoms with Gasteiger partial charge in [-0.25, -0.2) is 13.4 Å². The molecule has 0 atom stereocenters. The van der Waals surface area contributed by atoms with E-state index in [0.29, 0.717) is 43.1 Å². The molecule has 1 fully saturated rings. The van der Waals surface area contributed by atoms with E-state index in [1.54, 1.807) is 34.7 Å². The fourth-order valence-electron chi connectivity index (χ4n) is 3.20. The molecule has 9 nitrogen and oxygen atoms in total. The lowest BCUT2D eigenvalue weighted by Crippen LogP contribution is -2.37. The Labute approximate surface area is 157 Å². The highest BCUT2D eigenvalue weighted by molar-refractivity contribution is 7.89. The van der Waals surface area contributed by atoms with Gasteiger partial charge in [-0.2, -0.15) is 4.31 Å². The minimum absolute atomic E-state index is 0.0283. The third kappa shape index (κ3) is 3.37. The van der Waals surface area contributed by atoms with Gasteiger partial charge in [-0.05, 0) is 24.6 Å². The second-order valence-corrected chi connectivity index (χ2v) is 8.38. The number of benzene rings is 1. The van der Waals surface area contributed by atoms with Crippen LogP contribution < -0.4 is 9.47 Å². The summed E-state index contributed by atoms with van der Waals surface area (Å²) in [4.78, 5) is 18.5. The van der Waals surface area contributed by atoms with Gasteiger partial charge in [0.2, 0.25) is 6.79 Å². The minimum Gasteiger partial charge on any atom is -0.454 e. The van der Waals surface area contributed by atoms with Crippen LogP contribution in [0.25, 0.3) is 0 Å². The topological polar surface area (TPSA) is 94.0 Å². The molecule has 2 aromatic rings. The molecule has 3 heterocycles. The zero-order chi connectivity index (χ0) is 19.0. The number of ether oxygens (including phenoxy) is 2. The number of imidazole rings is 1. The number of sulfonamides is 1. The van der Waals surface area contributed by atoms with E-state index in [2.05, 4.69) is 4.98 Å². The van der Waals surface area contributed by atoms with E-state index in [9.17, 15) is 13.2 Å². The summed E-state index contributed by atoms with van der Waals surface area (Å²) in [6.07, 6.45) is 3.50. The number of hydrogen-bond donors (Lipinski definition) is 0. The zero-order valence-corrected chi connectivity index (χ0v) is 15.7. The Hall–Kier alpha value is -2.59. The smallest absolute Gasteiger partial charge is 0.262 e. The van der Waals surface area contributed by atoms with Crippen molar-refractivity contribution in [2.24, 2.45) is 7.05 Å². The summed E-state index contributed by atoms with van der Waals surface area (Å²) in [6.45, 7) is 1.54. The average molecular weight is 392 g/mol. The predicted molar refractivity (Wildman–Crippen MR) is 95.1 cm³/mol. The average Bonchev–Trinajstić information content (AvgIpc) is 3.22. The van der Waals surface area contributed by atoms with E-state index >= 15 is 0 Å². The molecule has 1 amide bonds. The number of amides is 1. The van der Waals surface area contributed by atoms with E-state index in [1.165, 1.54) is 16.8 Å². The molecule has 4 rings (SSSR count). The molecular weight excluding hydrogens is 372 g/mol. The van der Waals surface area contributed by atoms with Crippen LogP contribution >= 0.6 is 0 Å². The number of nitrogens with zero attached hydrogens (tertiary/aromatic N) is 4. The van der Waals surface area contributed by atoms with Crippen molar-refractivity contribution >= 4 is 15.9 Å². The third-order valence-electron chi connectivity index (χ3n) is 4.65. The largest absolute Gasteiger partial charge is 0.454 e. The molecule has 0 radical (unpaired) electrons. The summed E-state index contributed by atoms with van der Waals surface area (Å²) in [5.41, 5.74) is 0.500. The monoisotopic (exact) mass is 392 g/mol. The van der Waals surface area contributed by atoms with Gasteiger partial charge < -0.3 is 18.9 Å². The van der Waals surface area contributed by atoms with Gasteiger partial charge in [0.15, 0.2) is 16.5 Å². The normalized spacial score (nSPS) is 17.7. The minimum atomic E-state index is -3.66. The Morgan fingerprint density at radius 1 is 1.11 bits per heavy atom. The first-order valence-electron chi connectivity index (χ1n) is 8.62. The highest BCUT2D eigenvalue weighted by Gasteiger charge is 2.30. The summed E-state index contributed by atoms with van der Waals surface area (Å²) in [5.74, 6) is 1.02. The van der Waals surface area contributed by atoms with Gasteiger partial charge in [-0.3, -0.25) is 4.79 Å². The van der Waals surface area contributed by atoms with E-state index in [0.717, 1.165) is 0 Å². The van der Waals surface area contributed by atoms with Crippen molar-refractivity contribution in [3.8, 4) is 11.5 Å². The van der Waals surface area contributed by atoms with Crippen molar-refractivity contribution in [2.45, 2.75) is 11.4 Å². The lowest BCUT2D eigenvalue weighted by molar-refractivity contribution is 0.0764. The van der Waals surface area contributed by atoms with Crippen molar-refractivity contribution in [1.29, 1.82) is 0 Å². The van der Waals surface area contributed by atoms with Gasteiger partial charge in [0.1, 0.15) is 0 Å². The fourth-order valence-corrected chi connectivity index (χ4v) is 4.64. The number of aromatic nitrogens is 2. The molecule has 1 aromatic heterocycles. The zero-order valence-electron chi connectivity index (χ0n) is 14.9. The molecule has 1 saturated heterocycles. The summed E-state index contributed by atoms with van der Waals surface area (Å²) in [7, 11) is -1.94. The molecule has 0 bridgehead atoms. The molecule has 0 unspecified atom stereocenters. The van der Waals surface area contributed by atoms with Crippen LogP contribution in [0.1, 0.15) is 16.8 Å². The maximum atomic E-state index is 12.8.